The minimum atomic E-state index is -0.263. The summed E-state index contributed by atoms with van der Waals surface area (Å²) in [5.74, 6) is 0.437. The molecule has 0 spiro atoms. The van der Waals surface area contributed by atoms with Gasteiger partial charge < -0.3 is 19.7 Å². The van der Waals surface area contributed by atoms with Gasteiger partial charge in [0.2, 0.25) is 0 Å². The number of para-hydroxylation sites is 1. The van der Waals surface area contributed by atoms with E-state index in [1.807, 2.05) is 20.2 Å². The van der Waals surface area contributed by atoms with Crippen LogP contribution in [0, 0.1) is 0 Å². The number of carbonyl (C=O) groups excluding carboxylic acids is 1. The quantitative estimate of drug-likeness (QED) is 0.729. The number of benzene rings is 1. The molecule has 0 bridgehead atoms. The van der Waals surface area contributed by atoms with Gasteiger partial charge in [-0.25, -0.2) is 4.79 Å². The van der Waals surface area contributed by atoms with Gasteiger partial charge in [0.1, 0.15) is 6.61 Å². The number of nitrogens with zero attached hydrogens (tertiary/aromatic N) is 3. The van der Waals surface area contributed by atoms with E-state index in [1.54, 1.807) is 41.0 Å². The monoisotopic (exact) mass is 366 g/mol. The Labute approximate surface area is 152 Å². The van der Waals surface area contributed by atoms with Gasteiger partial charge in [-0.3, -0.25) is 4.68 Å². The van der Waals surface area contributed by atoms with Gasteiger partial charge in [-0.1, -0.05) is 17.7 Å². The van der Waals surface area contributed by atoms with Crippen molar-refractivity contribution >= 4 is 23.3 Å². The van der Waals surface area contributed by atoms with Crippen molar-refractivity contribution in [2.45, 2.75) is 13.5 Å². The van der Waals surface area contributed by atoms with Crippen LogP contribution in [-0.4, -0.2) is 47.6 Å². The van der Waals surface area contributed by atoms with Crippen molar-refractivity contribution in [3.8, 4) is 5.75 Å². The Morgan fingerprint density at radius 1 is 1.40 bits per heavy atom. The molecule has 1 aromatic carbocycles. The van der Waals surface area contributed by atoms with Crippen molar-refractivity contribution in [3.05, 3.63) is 41.2 Å². The van der Waals surface area contributed by atoms with Gasteiger partial charge in [0.05, 0.1) is 30.1 Å². The molecule has 0 unspecified atom stereocenters. The molecule has 0 aliphatic carbocycles. The highest BCUT2D eigenvalue weighted by Crippen LogP contribution is 2.33. The standard InChI is InChI=1S/C17H23ClN4O3/c1-4-24-8-9-25-16-14(18)6-5-7-15(16)20-17(23)21(2)11-13-10-19-22(3)12-13/h5-7,10,12H,4,8-9,11H2,1-3H3,(H,20,23). The van der Waals surface area contributed by atoms with E-state index >= 15 is 0 Å². The number of carbonyl (C=O) groups is 1. The summed E-state index contributed by atoms with van der Waals surface area (Å²) in [6, 6.07) is 4.96. The Hall–Kier alpha value is -2.25. The molecule has 25 heavy (non-hydrogen) atoms. The third-order valence-electron chi connectivity index (χ3n) is 3.41. The van der Waals surface area contributed by atoms with Crippen LogP contribution < -0.4 is 10.1 Å². The smallest absolute Gasteiger partial charge is 0.321 e. The number of nitrogens with one attached hydrogen (secondary N) is 1. The van der Waals surface area contributed by atoms with E-state index in [0.717, 1.165) is 5.56 Å². The molecule has 2 rings (SSSR count). The molecule has 0 radical (unpaired) electrons. The average Bonchev–Trinajstić information content (AvgIpc) is 2.98. The van der Waals surface area contributed by atoms with E-state index in [1.165, 1.54) is 0 Å². The molecule has 0 atom stereocenters. The van der Waals surface area contributed by atoms with Gasteiger partial charge in [-0.05, 0) is 19.1 Å². The zero-order valence-corrected chi connectivity index (χ0v) is 15.4. The molecule has 0 saturated carbocycles. The highest BCUT2D eigenvalue weighted by molar-refractivity contribution is 6.32. The van der Waals surface area contributed by atoms with Crippen LogP contribution in [0.25, 0.3) is 0 Å². The summed E-state index contributed by atoms with van der Waals surface area (Å²) >= 11 is 6.20. The summed E-state index contributed by atoms with van der Waals surface area (Å²) in [6.07, 6.45) is 3.59. The second-order valence-electron chi connectivity index (χ2n) is 5.47. The Morgan fingerprint density at radius 3 is 2.88 bits per heavy atom. The van der Waals surface area contributed by atoms with Gasteiger partial charge in [0.15, 0.2) is 5.75 Å². The minimum Gasteiger partial charge on any atom is -0.487 e. The third-order valence-corrected chi connectivity index (χ3v) is 3.71. The van der Waals surface area contributed by atoms with E-state index in [0.29, 0.717) is 42.8 Å². The van der Waals surface area contributed by atoms with E-state index < -0.39 is 0 Å². The van der Waals surface area contributed by atoms with Gasteiger partial charge in [-0.15, -0.1) is 0 Å². The second-order valence-corrected chi connectivity index (χ2v) is 5.88. The first-order valence-corrected chi connectivity index (χ1v) is 8.37. The second kappa shape index (κ2) is 9.29. The van der Waals surface area contributed by atoms with Crippen molar-refractivity contribution in [2.75, 3.05) is 32.2 Å². The summed E-state index contributed by atoms with van der Waals surface area (Å²) in [5.41, 5.74) is 1.46. The summed E-state index contributed by atoms with van der Waals surface area (Å²) < 4.78 is 12.6. The Morgan fingerprint density at radius 2 is 2.20 bits per heavy atom. The summed E-state index contributed by atoms with van der Waals surface area (Å²) in [6.45, 7) is 3.79. The first-order valence-electron chi connectivity index (χ1n) is 8.00. The summed E-state index contributed by atoms with van der Waals surface area (Å²) in [5, 5.41) is 7.36. The predicted molar refractivity (Wildman–Crippen MR) is 97.1 cm³/mol. The maximum Gasteiger partial charge on any atom is 0.321 e. The number of anilines is 1. The largest absolute Gasteiger partial charge is 0.487 e. The fourth-order valence-electron chi connectivity index (χ4n) is 2.21. The third kappa shape index (κ3) is 5.65. The zero-order valence-electron chi connectivity index (χ0n) is 14.7. The van der Waals surface area contributed by atoms with Gasteiger partial charge in [0, 0.05) is 32.5 Å². The molecule has 0 aliphatic heterocycles. The average molecular weight is 367 g/mol. The Kier molecular flexibility index (Phi) is 7.09. The van der Waals surface area contributed by atoms with Crippen LogP contribution in [0.1, 0.15) is 12.5 Å². The molecule has 2 aromatic rings. The van der Waals surface area contributed by atoms with Crippen LogP contribution in [0.2, 0.25) is 5.02 Å². The molecule has 1 aromatic heterocycles. The SMILES string of the molecule is CCOCCOc1c(Cl)cccc1NC(=O)N(C)Cc1cnn(C)c1. The molecule has 0 aliphatic rings. The molecule has 1 heterocycles. The molecule has 0 saturated heterocycles. The number of ether oxygens (including phenoxy) is 2. The normalized spacial score (nSPS) is 10.6. The highest BCUT2D eigenvalue weighted by atomic mass is 35.5. The lowest BCUT2D eigenvalue weighted by atomic mass is 10.3. The number of aryl methyl sites for hydroxylation is 1. The molecule has 2 amide bonds. The number of hydrogen-bond donors (Lipinski definition) is 1. The summed E-state index contributed by atoms with van der Waals surface area (Å²) in [7, 11) is 3.55. The topological polar surface area (TPSA) is 68.6 Å². The van der Waals surface area contributed by atoms with Gasteiger partial charge in [-0.2, -0.15) is 5.10 Å². The molecule has 7 nitrogen and oxygen atoms in total. The molecular formula is C17H23ClN4O3. The van der Waals surface area contributed by atoms with E-state index in [2.05, 4.69) is 10.4 Å². The number of urea groups is 1. The van der Waals surface area contributed by atoms with Crippen LogP contribution in [0.3, 0.4) is 0 Å². The van der Waals surface area contributed by atoms with Crippen molar-refractivity contribution < 1.29 is 14.3 Å². The predicted octanol–water partition coefficient (Wildman–Crippen LogP) is 3.15. The van der Waals surface area contributed by atoms with Crippen LogP contribution in [-0.2, 0) is 18.3 Å². The van der Waals surface area contributed by atoms with E-state index in [4.69, 9.17) is 21.1 Å². The fourth-order valence-corrected chi connectivity index (χ4v) is 2.44. The van der Waals surface area contributed by atoms with Crippen molar-refractivity contribution in [1.29, 1.82) is 0 Å². The van der Waals surface area contributed by atoms with Crippen molar-refractivity contribution in [1.82, 2.24) is 14.7 Å². The molecule has 136 valence electrons. The lowest BCUT2D eigenvalue weighted by Gasteiger charge is -2.19. The summed E-state index contributed by atoms with van der Waals surface area (Å²) in [4.78, 5) is 14.0. The lowest BCUT2D eigenvalue weighted by Crippen LogP contribution is -2.31. The minimum absolute atomic E-state index is 0.263. The van der Waals surface area contributed by atoms with Crippen molar-refractivity contribution in [2.24, 2.45) is 7.05 Å². The van der Waals surface area contributed by atoms with Crippen LogP contribution in [0.15, 0.2) is 30.6 Å². The van der Waals surface area contributed by atoms with E-state index in [9.17, 15) is 4.79 Å². The maximum absolute atomic E-state index is 12.4. The zero-order chi connectivity index (χ0) is 18.2. The van der Waals surface area contributed by atoms with Crippen LogP contribution in [0.4, 0.5) is 10.5 Å². The first-order chi connectivity index (χ1) is 12.0. The van der Waals surface area contributed by atoms with Gasteiger partial charge in [0.25, 0.3) is 0 Å². The number of halogens is 1. The number of rotatable bonds is 8. The molecular weight excluding hydrogens is 344 g/mol. The van der Waals surface area contributed by atoms with Crippen LogP contribution in [0.5, 0.6) is 5.75 Å². The number of hydrogen-bond acceptors (Lipinski definition) is 4. The van der Waals surface area contributed by atoms with Crippen LogP contribution >= 0.6 is 11.6 Å². The first kappa shape index (κ1) is 19.1. The van der Waals surface area contributed by atoms with E-state index in [-0.39, 0.29) is 6.03 Å². The van der Waals surface area contributed by atoms with Crippen molar-refractivity contribution in [3.63, 3.8) is 0 Å². The Bertz CT molecular complexity index is 705. The number of aromatic nitrogens is 2. The molecule has 0 fully saturated rings. The molecule has 8 heteroatoms. The van der Waals surface area contributed by atoms with Gasteiger partial charge >= 0.3 is 6.03 Å². The fraction of sp³-hybridized carbons (Fsp3) is 0.412. The number of amides is 2. The lowest BCUT2D eigenvalue weighted by molar-refractivity contribution is 0.110. The molecule has 1 N–H and O–H groups in total. The maximum atomic E-state index is 12.4. The Balaban J connectivity index is 2.00. The highest BCUT2D eigenvalue weighted by Gasteiger charge is 2.15.